The van der Waals surface area contributed by atoms with Crippen molar-refractivity contribution in [2.24, 2.45) is 11.7 Å². The number of nitrogens with two attached hydrogens (primary N) is 1. The lowest BCUT2D eigenvalue weighted by atomic mass is 9.98. The van der Waals surface area contributed by atoms with Crippen molar-refractivity contribution in [2.75, 3.05) is 19.6 Å². The molecule has 1 aliphatic heterocycles. The fourth-order valence-corrected chi connectivity index (χ4v) is 3.50. The summed E-state index contributed by atoms with van der Waals surface area (Å²) in [4.78, 5) is 25.3. The number of primary amides is 1. The number of hydrogen-bond acceptors (Lipinski definition) is 3. The average Bonchev–Trinajstić information content (AvgIpc) is 3.09. The van der Waals surface area contributed by atoms with Crippen LogP contribution in [0.5, 0.6) is 0 Å². The van der Waals surface area contributed by atoms with E-state index >= 15 is 0 Å². The summed E-state index contributed by atoms with van der Waals surface area (Å²) in [5, 5.41) is 8.05. The smallest absolute Gasteiger partial charge is 0.314 e. The van der Waals surface area contributed by atoms with Gasteiger partial charge in [0.15, 0.2) is 0 Å². The minimum Gasteiger partial charge on any atom is -0.352 e. The first-order chi connectivity index (χ1) is 12.4. The number of carbonyl (C=O) groups is 2. The molecular formula is C17H19Cl2N5O2. The van der Waals surface area contributed by atoms with Crippen LogP contribution in [0.3, 0.4) is 0 Å². The van der Waals surface area contributed by atoms with Gasteiger partial charge >= 0.3 is 6.03 Å². The minimum absolute atomic E-state index is 0.195. The van der Waals surface area contributed by atoms with Gasteiger partial charge in [-0.15, -0.1) is 0 Å². The van der Waals surface area contributed by atoms with E-state index in [9.17, 15) is 9.59 Å². The molecule has 2 heterocycles. The Bertz CT molecular complexity index is 823. The second-order valence-corrected chi connectivity index (χ2v) is 7.12. The van der Waals surface area contributed by atoms with E-state index in [2.05, 4.69) is 10.4 Å². The number of likely N-dealkylation sites (tertiary alicyclic amines) is 1. The highest BCUT2D eigenvalue weighted by Gasteiger charge is 2.22. The van der Waals surface area contributed by atoms with Crippen molar-refractivity contribution in [3.05, 3.63) is 46.2 Å². The van der Waals surface area contributed by atoms with Crippen molar-refractivity contribution >= 4 is 35.1 Å². The summed E-state index contributed by atoms with van der Waals surface area (Å²) in [5.41, 5.74) is 6.39. The number of rotatable bonds is 4. The maximum Gasteiger partial charge on any atom is 0.314 e. The molecule has 1 saturated heterocycles. The highest BCUT2D eigenvalue weighted by Crippen LogP contribution is 2.24. The molecule has 1 aliphatic rings. The monoisotopic (exact) mass is 395 g/mol. The van der Waals surface area contributed by atoms with Crippen molar-refractivity contribution in [3.8, 4) is 5.69 Å². The van der Waals surface area contributed by atoms with Gasteiger partial charge in [-0.05, 0) is 37.0 Å². The summed E-state index contributed by atoms with van der Waals surface area (Å²) >= 11 is 12.1. The molecule has 7 nitrogen and oxygen atoms in total. The van der Waals surface area contributed by atoms with Gasteiger partial charge in [0, 0.05) is 30.9 Å². The molecule has 1 atom stereocenters. The Morgan fingerprint density at radius 2 is 2.15 bits per heavy atom. The van der Waals surface area contributed by atoms with Crippen molar-refractivity contribution in [1.29, 1.82) is 0 Å². The molecule has 0 bridgehead atoms. The molecule has 3 N–H and O–H groups in total. The fourth-order valence-electron chi connectivity index (χ4n) is 3.01. The molecule has 3 amide bonds. The number of hydrogen-bond donors (Lipinski definition) is 2. The maximum absolute atomic E-state index is 12.4. The van der Waals surface area contributed by atoms with E-state index in [-0.39, 0.29) is 11.8 Å². The maximum atomic E-state index is 12.4. The van der Waals surface area contributed by atoms with Gasteiger partial charge in [0.05, 0.1) is 22.5 Å². The molecule has 0 radical (unpaired) electrons. The molecule has 0 spiro atoms. The number of urea groups is 1. The Morgan fingerprint density at radius 3 is 2.88 bits per heavy atom. The van der Waals surface area contributed by atoms with Crippen LogP contribution in [0.4, 0.5) is 4.79 Å². The van der Waals surface area contributed by atoms with Crippen LogP contribution in [-0.2, 0) is 0 Å². The highest BCUT2D eigenvalue weighted by molar-refractivity contribution is 6.35. The van der Waals surface area contributed by atoms with E-state index in [0.29, 0.717) is 40.9 Å². The third-order valence-corrected chi connectivity index (χ3v) is 4.92. The third-order valence-electron chi connectivity index (χ3n) is 4.38. The van der Waals surface area contributed by atoms with E-state index in [4.69, 9.17) is 28.9 Å². The van der Waals surface area contributed by atoms with Gasteiger partial charge in [-0.2, -0.15) is 5.10 Å². The van der Waals surface area contributed by atoms with E-state index in [1.54, 1.807) is 29.3 Å². The van der Waals surface area contributed by atoms with Crippen molar-refractivity contribution in [1.82, 2.24) is 20.0 Å². The van der Waals surface area contributed by atoms with E-state index in [1.807, 2.05) is 0 Å². The van der Waals surface area contributed by atoms with Crippen molar-refractivity contribution < 1.29 is 9.59 Å². The lowest BCUT2D eigenvalue weighted by molar-refractivity contribution is 0.0938. The zero-order chi connectivity index (χ0) is 18.7. The number of carbonyl (C=O) groups excluding carboxylic acids is 2. The molecule has 26 heavy (non-hydrogen) atoms. The van der Waals surface area contributed by atoms with Crippen LogP contribution in [0, 0.1) is 5.92 Å². The largest absolute Gasteiger partial charge is 0.352 e. The number of halogens is 2. The first-order valence-electron chi connectivity index (χ1n) is 8.26. The first-order valence-corrected chi connectivity index (χ1v) is 9.02. The summed E-state index contributed by atoms with van der Waals surface area (Å²) in [5.74, 6) is -0.0292. The van der Waals surface area contributed by atoms with Crippen LogP contribution in [0.1, 0.15) is 23.2 Å². The molecule has 1 aromatic heterocycles. The number of piperidine rings is 1. The van der Waals surface area contributed by atoms with E-state index in [1.165, 1.54) is 10.9 Å². The SMILES string of the molecule is NC(=O)N1CCCC(CNC(=O)c2cnn(-c3ccc(Cl)cc3Cl)c2)C1. The quantitative estimate of drug-likeness (QED) is 0.832. The second-order valence-electron chi connectivity index (χ2n) is 6.27. The van der Waals surface area contributed by atoms with Crippen molar-refractivity contribution in [2.45, 2.75) is 12.8 Å². The van der Waals surface area contributed by atoms with Crippen LogP contribution in [0.2, 0.25) is 10.0 Å². The van der Waals surface area contributed by atoms with Gasteiger partial charge in [-0.1, -0.05) is 23.2 Å². The Hall–Kier alpha value is -2.25. The predicted octanol–water partition coefficient (Wildman–Crippen LogP) is 2.70. The summed E-state index contributed by atoms with van der Waals surface area (Å²) in [6, 6.07) is 4.65. The third kappa shape index (κ3) is 4.28. The van der Waals surface area contributed by atoms with Crippen LogP contribution in [0.25, 0.3) is 5.69 Å². The number of nitrogens with one attached hydrogen (secondary N) is 1. The molecular weight excluding hydrogens is 377 g/mol. The Morgan fingerprint density at radius 1 is 1.35 bits per heavy atom. The zero-order valence-corrected chi connectivity index (χ0v) is 15.5. The van der Waals surface area contributed by atoms with Crippen LogP contribution < -0.4 is 11.1 Å². The van der Waals surface area contributed by atoms with Crippen molar-refractivity contribution in [3.63, 3.8) is 0 Å². The lowest BCUT2D eigenvalue weighted by Crippen LogP contribution is -2.45. The van der Waals surface area contributed by atoms with E-state index in [0.717, 1.165) is 12.8 Å². The Labute approximate surface area is 161 Å². The normalized spacial score (nSPS) is 17.2. The summed E-state index contributed by atoms with van der Waals surface area (Å²) in [6.45, 7) is 1.72. The fraction of sp³-hybridized carbons (Fsp3) is 0.353. The average molecular weight is 396 g/mol. The second kappa shape index (κ2) is 7.97. The summed E-state index contributed by atoms with van der Waals surface area (Å²) in [7, 11) is 0. The minimum atomic E-state index is -0.415. The number of nitrogens with zero attached hydrogens (tertiary/aromatic N) is 3. The van der Waals surface area contributed by atoms with Gasteiger partial charge in [0.25, 0.3) is 5.91 Å². The molecule has 3 rings (SSSR count). The van der Waals surface area contributed by atoms with E-state index < -0.39 is 6.03 Å². The van der Waals surface area contributed by atoms with Crippen LogP contribution in [0.15, 0.2) is 30.6 Å². The number of benzene rings is 1. The number of aromatic nitrogens is 2. The van der Waals surface area contributed by atoms with Gasteiger partial charge in [-0.25, -0.2) is 9.48 Å². The Kier molecular flexibility index (Phi) is 5.68. The molecule has 1 aromatic carbocycles. The van der Waals surface area contributed by atoms with Gasteiger partial charge in [-0.3, -0.25) is 4.79 Å². The zero-order valence-electron chi connectivity index (χ0n) is 14.0. The topological polar surface area (TPSA) is 93.2 Å². The summed E-state index contributed by atoms with van der Waals surface area (Å²) in [6.07, 6.45) is 4.93. The molecule has 9 heteroatoms. The molecule has 1 fully saturated rings. The van der Waals surface area contributed by atoms with Gasteiger partial charge in [0.2, 0.25) is 0 Å². The number of amides is 3. The molecule has 0 aliphatic carbocycles. The highest BCUT2D eigenvalue weighted by atomic mass is 35.5. The Balaban J connectivity index is 1.61. The first kappa shape index (κ1) is 18.5. The molecule has 138 valence electrons. The summed E-state index contributed by atoms with van der Waals surface area (Å²) < 4.78 is 1.53. The molecule has 2 aromatic rings. The van der Waals surface area contributed by atoms with Gasteiger partial charge < -0.3 is 16.0 Å². The lowest BCUT2D eigenvalue weighted by Gasteiger charge is -2.31. The molecule has 1 unspecified atom stereocenters. The molecule has 0 saturated carbocycles. The predicted molar refractivity (Wildman–Crippen MR) is 99.8 cm³/mol. The van der Waals surface area contributed by atoms with Gasteiger partial charge in [0.1, 0.15) is 0 Å². The van der Waals surface area contributed by atoms with Crippen LogP contribution in [-0.4, -0.2) is 46.3 Å². The van der Waals surface area contributed by atoms with Crippen LogP contribution >= 0.6 is 23.2 Å². The standard InChI is InChI=1S/C17H19Cl2N5O2/c18-13-3-4-15(14(19)6-13)24-10-12(8-22-24)16(25)21-7-11-2-1-5-23(9-11)17(20)26/h3-4,6,8,10-11H,1-2,5,7,9H2,(H2,20,26)(H,21,25).